The van der Waals surface area contributed by atoms with Gasteiger partial charge in [0.2, 0.25) is 6.29 Å². The molecular weight excluding hydrogens is 156 g/mol. The van der Waals surface area contributed by atoms with Gasteiger partial charge in [-0.1, -0.05) is 6.92 Å². The zero-order valence-corrected chi connectivity index (χ0v) is 7.25. The van der Waals surface area contributed by atoms with E-state index >= 15 is 0 Å². The van der Waals surface area contributed by atoms with Crippen molar-refractivity contribution in [3.8, 4) is 0 Å². The van der Waals surface area contributed by atoms with E-state index in [9.17, 15) is 9.59 Å². The van der Waals surface area contributed by atoms with Crippen LogP contribution in [0.15, 0.2) is 0 Å². The van der Waals surface area contributed by atoms with Crippen molar-refractivity contribution in [1.82, 2.24) is 10.2 Å². The molecule has 0 aromatic carbocycles. The highest BCUT2D eigenvalue weighted by atomic mass is 16.2. The Morgan fingerprint density at radius 1 is 1.67 bits per heavy atom. The number of hydrogen-bond donors (Lipinski definition) is 1. The standard InChI is InChI=1S/C8H14N2O2/c1-7(5-10-2-3-10)4-9-8(12)6-11/h6-7H,2-5H2,1H3,(H,9,12). The second-order valence-corrected chi connectivity index (χ2v) is 3.27. The SMILES string of the molecule is CC(CNC(=O)C=O)CN1CC1. The fraction of sp³-hybridized carbons (Fsp3) is 0.750. The van der Waals surface area contributed by atoms with Crippen LogP contribution >= 0.6 is 0 Å². The van der Waals surface area contributed by atoms with E-state index in [-0.39, 0.29) is 0 Å². The summed E-state index contributed by atoms with van der Waals surface area (Å²) in [6.45, 7) is 6.01. The van der Waals surface area contributed by atoms with Gasteiger partial charge in [-0.15, -0.1) is 0 Å². The van der Waals surface area contributed by atoms with Gasteiger partial charge in [-0.2, -0.15) is 0 Å². The molecule has 1 rings (SSSR count). The topological polar surface area (TPSA) is 49.2 Å². The molecule has 0 aliphatic carbocycles. The van der Waals surface area contributed by atoms with Crippen molar-refractivity contribution >= 4 is 12.2 Å². The summed E-state index contributed by atoms with van der Waals surface area (Å²) < 4.78 is 0. The van der Waals surface area contributed by atoms with Gasteiger partial charge in [0, 0.05) is 26.2 Å². The van der Waals surface area contributed by atoms with Crippen molar-refractivity contribution in [3.05, 3.63) is 0 Å². The minimum Gasteiger partial charge on any atom is -0.349 e. The first-order chi connectivity index (χ1) is 5.72. The normalized spacial score (nSPS) is 18.4. The molecular formula is C8H14N2O2. The molecule has 1 fully saturated rings. The largest absolute Gasteiger partial charge is 0.349 e. The molecule has 12 heavy (non-hydrogen) atoms. The molecule has 1 aliphatic rings. The average molecular weight is 170 g/mol. The van der Waals surface area contributed by atoms with Crippen molar-refractivity contribution in [2.45, 2.75) is 6.92 Å². The Morgan fingerprint density at radius 3 is 2.83 bits per heavy atom. The number of carbonyl (C=O) groups excluding carboxylic acids is 2. The van der Waals surface area contributed by atoms with Crippen LogP contribution in [0.25, 0.3) is 0 Å². The molecule has 1 aliphatic heterocycles. The maximum Gasteiger partial charge on any atom is 0.284 e. The molecule has 0 radical (unpaired) electrons. The van der Waals surface area contributed by atoms with Gasteiger partial charge in [0.05, 0.1) is 0 Å². The summed E-state index contributed by atoms with van der Waals surface area (Å²) in [6, 6.07) is 0. The summed E-state index contributed by atoms with van der Waals surface area (Å²) in [5.74, 6) is -0.0935. The van der Waals surface area contributed by atoms with Crippen LogP contribution in [0.1, 0.15) is 6.92 Å². The molecule has 1 N–H and O–H groups in total. The van der Waals surface area contributed by atoms with E-state index in [0.717, 1.165) is 6.54 Å². The van der Waals surface area contributed by atoms with Crippen LogP contribution in [-0.4, -0.2) is 43.3 Å². The van der Waals surface area contributed by atoms with Crippen LogP contribution in [-0.2, 0) is 9.59 Å². The fourth-order valence-electron chi connectivity index (χ4n) is 1.08. The summed E-state index contributed by atoms with van der Waals surface area (Å²) in [6.07, 6.45) is 0.310. The third kappa shape index (κ3) is 3.48. The van der Waals surface area contributed by atoms with E-state index in [4.69, 9.17) is 0 Å². The van der Waals surface area contributed by atoms with Crippen molar-refractivity contribution in [3.63, 3.8) is 0 Å². The van der Waals surface area contributed by atoms with Gasteiger partial charge < -0.3 is 10.2 Å². The Morgan fingerprint density at radius 2 is 2.33 bits per heavy atom. The summed E-state index contributed by atoms with van der Waals surface area (Å²) in [5, 5.41) is 2.53. The summed E-state index contributed by atoms with van der Waals surface area (Å²) >= 11 is 0. The zero-order valence-electron chi connectivity index (χ0n) is 7.25. The maximum atomic E-state index is 10.5. The summed E-state index contributed by atoms with van der Waals surface area (Å²) in [5.41, 5.74) is 0. The molecule has 0 spiro atoms. The number of nitrogens with zero attached hydrogens (tertiary/aromatic N) is 1. The third-order valence-corrected chi connectivity index (χ3v) is 1.84. The maximum absolute atomic E-state index is 10.5. The van der Waals surface area contributed by atoms with Crippen molar-refractivity contribution in [1.29, 1.82) is 0 Å². The van der Waals surface area contributed by atoms with E-state index in [0.29, 0.717) is 18.7 Å². The Balaban J connectivity index is 2.04. The molecule has 0 aromatic heterocycles. The predicted molar refractivity (Wildman–Crippen MR) is 44.7 cm³/mol. The number of nitrogens with one attached hydrogen (secondary N) is 1. The fourth-order valence-corrected chi connectivity index (χ4v) is 1.08. The Bertz CT molecular complexity index is 178. The molecule has 0 aromatic rings. The minimum atomic E-state index is -0.521. The van der Waals surface area contributed by atoms with Crippen molar-refractivity contribution < 1.29 is 9.59 Å². The lowest BCUT2D eigenvalue weighted by molar-refractivity contribution is -0.131. The number of rotatable bonds is 5. The number of aldehydes is 1. The van der Waals surface area contributed by atoms with E-state index < -0.39 is 5.91 Å². The van der Waals surface area contributed by atoms with Gasteiger partial charge in [-0.05, 0) is 5.92 Å². The van der Waals surface area contributed by atoms with E-state index in [1.54, 1.807) is 0 Å². The van der Waals surface area contributed by atoms with Crippen LogP contribution in [0.2, 0.25) is 0 Å². The van der Waals surface area contributed by atoms with Crippen LogP contribution in [0, 0.1) is 5.92 Å². The van der Waals surface area contributed by atoms with Crippen LogP contribution in [0.4, 0.5) is 0 Å². The van der Waals surface area contributed by atoms with E-state index in [1.807, 2.05) is 0 Å². The van der Waals surface area contributed by atoms with Crippen molar-refractivity contribution in [2.24, 2.45) is 5.92 Å². The minimum absolute atomic E-state index is 0.310. The Kier molecular flexibility index (Phi) is 3.22. The monoisotopic (exact) mass is 170 g/mol. The number of amides is 1. The molecule has 0 bridgehead atoms. The zero-order chi connectivity index (χ0) is 8.97. The molecule has 1 atom stereocenters. The highest BCUT2D eigenvalue weighted by Crippen LogP contribution is 2.07. The van der Waals surface area contributed by atoms with Crippen LogP contribution in [0.5, 0.6) is 0 Å². The van der Waals surface area contributed by atoms with Gasteiger partial charge in [0.25, 0.3) is 5.91 Å². The van der Waals surface area contributed by atoms with E-state index in [1.165, 1.54) is 13.1 Å². The Labute approximate surface area is 71.9 Å². The second kappa shape index (κ2) is 4.21. The summed E-state index contributed by atoms with van der Waals surface area (Å²) in [4.78, 5) is 22.7. The smallest absolute Gasteiger partial charge is 0.284 e. The third-order valence-electron chi connectivity index (χ3n) is 1.84. The first-order valence-electron chi connectivity index (χ1n) is 4.17. The molecule has 1 unspecified atom stereocenters. The second-order valence-electron chi connectivity index (χ2n) is 3.27. The lowest BCUT2D eigenvalue weighted by Crippen LogP contribution is -2.31. The lowest BCUT2D eigenvalue weighted by Gasteiger charge is -2.10. The van der Waals surface area contributed by atoms with Crippen LogP contribution in [0.3, 0.4) is 0 Å². The molecule has 0 saturated carbocycles. The molecule has 1 amide bonds. The van der Waals surface area contributed by atoms with E-state index in [2.05, 4.69) is 17.1 Å². The van der Waals surface area contributed by atoms with Gasteiger partial charge in [-0.3, -0.25) is 9.59 Å². The predicted octanol–water partition coefficient (Wildman–Crippen LogP) is -0.747. The average Bonchev–Trinajstić information content (AvgIpc) is 2.84. The quantitative estimate of drug-likeness (QED) is 0.335. The Hall–Kier alpha value is -0.900. The molecule has 4 nitrogen and oxygen atoms in total. The van der Waals surface area contributed by atoms with Gasteiger partial charge >= 0.3 is 0 Å². The molecule has 68 valence electrons. The molecule has 1 heterocycles. The van der Waals surface area contributed by atoms with Gasteiger partial charge in [0.15, 0.2) is 0 Å². The highest BCUT2D eigenvalue weighted by molar-refractivity contribution is 6.23. The van der Waals surface area contributed by atoms with Gasteiger partial charge in [-0.25, -0.2) is 0 Å². The molecule has 1 saturated heterocycles. The first kappa shape index (κ1) is 9.19. The summed E-state index contributed by atoms with van der Waals surface area (Å²) in [7, 11) is 0. The number of hydrogen-bond acceptors (Lipinski definition) is 3. The highest BCUT2D eigenvalue weighted by Gasteiger charge is 2.19. The molecule has 4 heteroatoms. The number of carbonyl (C=O) groups is 2. The lowest BCUT2D eigenvalue weighted by atomic mass is 10.2. The van der Waals surface area contributed by atoms with Crippen LogP contribution < -0.4 is 5.32 Å². The first-order valence-corrected chi connectivity index (χ1v) is 4.17. The van der Waals surface area contributed by atoms with Gasteiger partial charge in [0.1, 0.15) is 0 Å². The van der Waals surface area contributed by atoms with Crippen molar-refractivity contribution in [2.75, 3.05) is 26.2 Å².